The van der Waals surface area contributed by atoms with Crippen LogP contribution in [0, 0.1) is 5.82 Å². The maximum atomic E-state index is 13.0. The number of para-hydroxylation sites is 1. The molecular weight excluding hydrogens is 373 g/mol. The van der Waals surface area contributed by atoms with Gasteiger partial charge in [0.15, 0.2) is 0 Å². The summed E-state index contributed by atoms with van der Waals surface area (Å²) in [7, 11) is 1.60. The quantitative estimate of drug-likeness (QED) is 0.644. The molecule has 1 heterocycles. The highest BCUT2D eigenvalue weighted by atomic mass is 19.1. The summed E-state index contributed by atoms with van der Waals surface area (Å²) in [6.45, 7) is 0.396. The highest BCUT2D eigenvalue weighted by molar-refractivity contribution is 6.03. The van der Waals surface area contributed by atoms with Crippen molar-refractivity contribution < 1.29 is 18.7 Å². The highest BCUT2D eigenvalue weighted by Gasteiger charge is 2.13. The Balaban J connectivity index is 1.60. The number of rotatable bonds is 7. The minimum Gasteiger partial charge on any atom is -0.496 e. The van der Waals surface area contributed by atoms with Crippen LogP contribution in [0.3, 0.4) is 0 Å². The molecule has 2 amide bonds. The molecule has 0 radical (unpaired) electrons. The Labute approximate surface area is 167 Å². The van der Waals surface area contributed by atoms with Crippen LogP contribution in [-0.4, -0.2) is 30.5 Å². The molecule has 148 valence electrons. The first-order chi connectivity index (χ1) is 14.1. The number of hydrogen-bond donors (Lipinski definition) is 2. The van der Waals surface area contributed by atoms with Crippen molar-refractivity contribution in [3.05, 3.63) is 89.5 Å². The highest BCUT2D eigenvalue weighted by Crippen LogP contribution is 2.17. The van der Waals surface area contributed by atoms with Gasteiger partial charge in [0.1, 0.15) is 23.0 Å². The number of anilines is 1. The zero-order valence-corrected chi connectivity index (χ0v) is 15.8. The summed E-state index contributed by atoms with van der Waals surface area (Å²) in [5.74, 6) is -0.496. The van der Waals surface area contributed by atoms with Gasteiger partial charge in [0.2, 0.25) is 0 Å². The van der Waals surface area contributed by atoms with Gasteiger partial charge in [-0.3, -0.25) is 9.59 Å². The number of nitrogens with zero attached hydrogens (tertiary/aromatic N) is 1. The zero-order chi connectivity index (χ0) is 20.6. The SMILES string of the molecule is COc1ccccc1CCNC(=O)c1cccc(C(=O)Nc2ccc(F)cc2)n1. The van der Waals surface area contributed by atoms with Gasteiger partial charge in [-0.25, -0.2) is 9.37 Å². The van der Waals surface area contributed by atoms with Gasteiger partial charge in [0.05, 0.1) is 7.11 Å². The molecule has 7 heteroatoms. The smallest absolute Gasteiger partial charge is 0.274 e. The Kier molecular flexibility index (Phi) is 6.52. The molecule has 3 aromatic rings. The van der Waals surface area contributed by atoms with Crippen LogP contribution in [0.2, 0.25) is 0 Å². The van der Waals surface area contributed by atoms with E-state index in [-0.39, 0.29) is 17.3 Å². The molecule has 0 unspecified atom stereocenters. The van der Waals surface area contributed by atoms with E-state index in [2.05, 4.69) is 15.6 Å². The number of benzene rings is 2. The van der Waals surface area contributed by atoms with E-state index in [0.717, 1.165) is 11.3 Å². The number of halogens is 1. The normalized spacial score (nSPS) is 10.3. The molecule has 0 aliphatic carbocycles. The molecule has 0 bridgehead atoms. The summed E-state index contributed by atoms with van der Waals surface area (Å²) in [6, 6.07) is 17.6. The molecule has 3 rings (SSSR count). The van der Waals surface area contributed by atoms with Crippen LogP contribution < -0.4 is 15.4 Å². The largest absolute Gasteiger partial charge is 0.496 e. The van der Waals surface area contributed by atoms with E-state index in [1.807, 2.05) is 24.3 Å². The zero-order valence-electron chi connectivity index (χ0n) is 15.8. The summed E-state index contributed by atoms with van der Waals surface area (Å²) in [6.07, 6.45) is 0.598. The Morgan fingerprint density at radius 1 is 0.931 bits per heavy atom. The molecule has 0 spiro atoms. The predicted octanol–water partition coefficient (Wildman–Crippen LogP) is 3.45. The first kappa shape index (κ1) is 20.0. The molecule has 1 aromatic heterocycles. The van der Waals surface area contributed by atoms with Gasteiger partial charge in [0, 0.05) is 12.2 Å². The summed E-state index contributed by atoms with van der Waals surface area (Å²) in [5, 5.41) is 5.41. The lowest BCUT2D eigenvalue weighted by Gasteiger charge is -2.09. The molecule has 6 nitrogen and oxygen atoms in total. The van der Waals surface area contributed by atoms with E-state index in [1.54, 1.807) is 13.2 Å². The van der Waals surface area contributed by atoms with Gasteiger partial charge in [-0.1, -0.05) is 24.3 Å². The third-order valence-corrected chi connectivity index (χ3v) is 4.19. The maximum absolute atomic E-state index is 13.0. The van der Waals surface area contributed by atoms with Gasteiger partial charge in [0.25, 0.3) is 11.8 Å². The summed E-state index contributed by atoms with van der Waals surface area (Å²) in [5.41, 5.74) is 1.64. The number of ether oxygens (including phenoxy) is 1. The Bertz CT molecular complexity index is 1010. The van der Waals surface area contributed by atoms with Crippen molar-refractivity contribution in [2.75, 3.05) is 19.0 Å². The van der Waals surface area contributed by atoms with E-state index in [1.165, 1.54) is 36.4 Å². The number of aromatic nitrogens is 1. The molecule has 2 N–H and O–H groups in total. The fourth-order valence-corrected chi connectivity index (χ4v) is 2.73. The van der Waals surface area contributed by atoms with Gasteiger partial charge < -0.3 is 15.4 Å². The lowest BCUT2D eigenvalue weighted by Crippen LogP contribution is -2.27. The lowest BCUT2D eigenvalue weighted by molar-refractivity contribution is 0.0949. The van der Waals surface area contributed by atoms with E-state index >= 15 is 0 Å². The fraction of sp³-hybridized carbons (Fsp3) is 0.136. The molecule has 29 heavy (non-hydrogen) atoms. The van der Waals surface area contributed by atoms with Crippen LogP contribution in [0.1, 0.15) is 26.5 Å². The first-order valence-corrected chi connectivity index (χ1v) is 9.01. The molecule has 0 atom stereocenters. The van der Waals surface area contributed by atoms with Crippen molar-refractivity contribution in [1.82, 2.24) is 10.3 Å². The van der Waals surface area contributed by atoms with Crippen molar-refractivity contribution >= 4 is 17.5 Å². The fourth-order valence-electron chi connectivity index (χ4n) is 2.73. The second-order valence-corrected chi connectivity index (χ2v) is 6.19. The number of hydrogen-bond acceptors (Lipinski definition) is 4. The minimum absolute atomic E-state index is 0.0895. The lowest BCUT2D eigenvalue weighted by atomic mass is 10.1. The van der Waals surface area contributed by atoms with Crippen molar-refractivity contribution in [2.45, 2.75) is 6.42 Å². The Morgan fingerprint density at radius 2 is 1.62 bits per heavy atom. The third-order valence-electron chi connectivity index (χ3n) is 4.19. The number of pyridine rings is 1. The van der Waals surface area contributed by atoms with E-state index < -0.39 is 11.7 Å². The second-order valence-electron chi connectivity index (χ2n) is 6.19. The summed E-state index contributed by atoms with van der Waals surface area (Å²) in [4.78, 5) is 28.8. The standard InChI is InChI=1S/C22H20FN3O3/c1-29-20-8-3-2-5-15(20)13-14-24-21(27)18-6-4-7-19(26-18)22(28)25-17-11-9-16(23)10-12-17/h2-12H,13-14H2,1H3,(H,24,27)(H,25,28). The van der Waals surface area contributed by atoms with E-state index in [9.17, 15) is 14.0 Å². The number of amides is 2. The van der Waals surface area contributed by atoms with Crippen LogP contribution in [-0.2, 0) is 6.42 Å². The molecule has 0 aliphatic heterocycles. The van der Waals surface area contributed by atoms with Crippen LogP contribution in [0.15, 0.2) is 66.7 Å². The van der Waals surface area contributed by atoms with E-state index in [0.29, 0.717) is 18.7 Å². The van der Waals surface area contributed by atoms with Crippen LogP contribution in [0.4, 0.5) is 10.1 Å². The summed E-state index contributed by atoms with van der Waals surface area (Å²) < 4.78 is 18.3. The van der Waals surface area contributed by atoms with Gasteiger partial charge in [-0.2, -0.15) is 0 Å². The molecular formula is C22H20FN3O3. The number of carbonyl (C=O) groups is 2. The predicted molar refractivity (Wildman–Crippen MR) is 108 cm³/mol. The molecule has 0 fully saturated rings. The number of methoxy groups -OCH3 is 1. The summed E-state index contributed by atoms with van der Waals surface area (Å²) >= 11 is 0. The van der Waals surface area contributed by atoms with E-state index in [4.69, 9.17) is 4.74 Å². The van der Waals surface area contributed by atoms with Crippen LogP contribution in [0.25, 0.3) is 0 Å². The molecule has 0 saturated carbocycles. The van der Waals surface area contributed by atoms with Gasteiger partial charge in [-0.05, 0) is 54.4 Å². The molecule has 0 aliphatic rings. The number of nitrogens with one attached hydrogen (secondary N) is 2. The van der Waals surface area contributed by atoms with Crippen molar-refractivity contribution in [3.8, 4) is 5.75 Å². The Hall–Kier alpha value is -3.74. The van der Waals surface area contributed by atoms with Crippen molar-refractivity contribution in [2.24, 2.45) is 0 Å². The van der Waals surface area contributed by atoms with Crippen molar-refractivity contribution in [3.63, 3.8) is 0 Å². The second kappa shape index (κ2) is 9.45. The molecule has 0 saturated heterocycles. The topological polar surface area (TPSA) is 80.3 Å². The monoisotopic (exact) mass is 393 g/mol. The average molecular weight is 393 g/mol. The van der Waals surface area contributed by atoms with Crippen molar-refractivity contribution in [1.29, 1.82) is 0 Å². The van der Waals surface area contributed by atoms with Crippen LogP contribution >= 0.6 is 0 Å². The maximum Gasteiger partial charge on any atom is 0.274 e. The first-order valence-electron chi connectivity index (χ1n) is 9.01. The van der Waals surface area contributed by atoms with Crippen LogP contribution in [0.5, 0.6) is 5.75 Å². The average Bonchev–Trinajstić information content (AvgIpc) is 2.75. The number of carbonyl (C=O) groups excluding carboxylic acids is 2. The minimum atomic E-state index is -0.486. The third kappa shape index (κ3) is 5.38. The molecule has 2 aromatic carbocycles. The van der Waals surface area contributed by atoms with Gasteiger partial charge >= 0.3 is 0 Å². The van der Waals surface area contributed by atoms with Gasteiger partial charge in [-0.15, -0.1) is 0 Å². The Morgan fingerprint density at radius 3 is 2.34 bits per heavy atom.